The van der Waals surface area contributed by atoms with E-state index < -0.39 is 12.0 Å². The number of carbonyl (C=O) groups is 2. The first-order valence-electron chi connectivity index (χ1n) is 5.56. The molecule has 1 N–H and O–H groups in total. The van der Waals surface area contributed by atoms with Crippen molar-refractivity contribution in [2.75, 3.05) is 20.7 Å². The third-order valence-corrected chi connectivity index (χ3v) is 2.80. The average Bonchev–Trinajstić information content (AvgIpc) is 2.36. The van der Waals surface area contributed by atoms with Gasteiger partial charge in [0.25, 0.3) is 0 Å². The lowest BCUT2D eigenvalue weighted by atomic mass is 10.0. The zero-order valence-corrected chi connectivity index (χ0v) is 10.7. The van der Waals surface area contributed by atoms with E-state index in [1.807, 2.05) is 0 Å². The summed E-state index contributed by atoms with van der Waals surface area (Å²) in [6.45, 7) is 1.50. The lowest BCUT2D eigenvalue weighted by Gasteiger charge is -2.22. The standard InChI is InChI=1S/C13H17NO4/c1-9(14(2)8-12(15)16)13(17)10-6-4-5-7-11(10)18-3/h4-7,9H,8H2,1-3H3,(H,15,16). The van der Waals surface area contributed by atoms with Crippen molar-refractivity contribution in [3.8, 4) is 5.75 Å². The quantitative estimate of drug-likeness (QED) is 0.771. The lowest BCUT2D eigenvalue weighted by Crippen LogP contribution is -2.39. The van der Waals surface area contributed by atoms with E-state index >= 15 is 0 Å². The third kappa shape index (κ3) is 3.30. The van der Waals surface area contributed by atoms with E-state index in [2.05, 4.69) is 0 Å². The van der Waals surface area contributed by atoms with Crippen molar-refractivity contribution in [2.24, 2.45) is 0 Å². The Labute approximate surface area is 106 Å². The second kappa shape index (κ2) is 6.16. The van der Waals surface area contributed by atoms with Crippen LogP contribution in [0.25, 0.3) is 0 Å². The summed E-state index contributed by atoms with van der Waals surface area (Å²) < 4.78 is 5.12. The van der Waals surface area contributed by atoms with Crippen LogP contribution in [-0.4, -0.2) is 48.5 Å². The second-order valence-electron chi connectivity index (χ2n) is 4.05. The molecular weight excluding hydrogens is 234 g/mol. The first kappa shape index (κ1) is 14.2. The van der Waals surface area contributed by atoms with Gasteiger partial charge in [-0.2, -0.15) is 0 Å². The summed E-state index contributed by atoms with van der Waals surface area (Å²) in [5, 5.41) is 8.71. The number of likely N-dealkylation sites (N-methyl/N-ethyl adjacent to an activating group) is 1. The number of carboxylic acid groups (broad SMARTS) is 1. The third-order valence-electron chi connectivity index (χ3n) is 2.80. The van der Waals surface area contributed by atoms with Gasteiger partial charge in [-0.1, -0.05) is 12.1 Å². The Kier molecular flexibility index (Phi) is 4.85. The molecule has 0 saturated heterocycles. The molecule has 1 aromatic rings. The molecule has 98 valence electrons. The molecule has 1 rings (SSSR count). The van der Waals surface area contributed by atoms with Crippen LogP contribution in [0, 0.1) is 0 Å². The highest BCUT2D eigenvalue weighted by Crippen LogP contribution is 2.20. The number of hydrogen-bond acceptors (Lipinski definition) is 4. The van der Waals surface area contributed by atoms with Gasteiger partial charge in [-0.15, -0.1) is 0 Å². The fourth-order valence-electron chi connectivity index (χ4n) is 1.62. The molecule has 0 aliphatic heterocycles. The van der Waals surface area contributed by atoms with Crippen molar-refractivity contribution in [3.05, 3.63) is 29.8 Å². The van der Waals surface area contributed by atoms with Crippen LogP contribution in [0.5, 0.6) is 5.75 Å². The number of hydrogen-bond donors (Lipinski definition) is 1. The van der Waals surface area contributed by atoms with Gasteiger partial charge in [-0.05, 0) is 26.1 Å². The van der Waals surface area contributed by atoms with Crippen molar-refractivity contribution in [1.82, 2.24) is 4.90 Å². The highest BCUT2D eigenvalue weighted by Gasteiger charge is 2.23. The molecule has 0 bridgehead atoms. The molecule has 0 aliphatic carbocycles. The number of benzene rings is 1. The second-order valence-corrected chi connectivity index (χ2v) is 4.05. The van der Waals surface area contributed by atoms with Gasteiger partial charge in [0.05, 0.1) is 25.3 Å². The molecule has 0 amide bonds. The topological polar surface area (TPSA) is 66.8 Å². The zero-order valence-electron chi connectivity index (χ0n) is 10.7. The minimum Gasteiger partial charge on any atom is -0.496 e. The van der Waals surface area contributed by atoms with Crippen molar-refractivity contribution >= 4 is 11.8 Å². The van der Waals surface area contributed by atoms with Gasteiger partial charge in [0, 0.05) is 0 Å². The number of aliphatic carboxylic acids is 1. The molecule has 5 heteroatoms. The van der Waals surface area contributed by atoms with Gasteiger partial charge < -0.3 is 9.84 Å². The number of rotatable bonds is 6. The van der Waals surface area contributed by atoms with E-state index in [1.165, 1.54) is 12.0 Å². The van der Waals surface area contributed by atoms with Crippen LogP contribution in [0.15, 0.2) is 24.3 Å². The Bertz CT molecular complexity index is 444. The smallest absolute Gasteiger partial charge is 0.317 e. The van der Waals surface area contributed by atoms with Gasteiger partial charge in [0.2, 0.25) is 0 Å². The van der Waals surface area contributed by atoms with Gasteiger partial charge in [0.1, 0.15) is 5.75 Å². The van der Waals surface area contributed by atoms with Crippen LogP contribution < -0.4 is 4.74 Å². The molecule has 0 spiro atoms. The normalized spacial score (nSPS) is 12.2. The Balaban J connectivity index is 2.89. The van der Waals surface area contributed by atoms with Gasteiger partial charge in [-0.25, -0.2) is 0 Å². The maximum Gasteiger partial charge on any atom is 0.317 e. The van der Waals surface area contributed by atoms with Gasteiger partial charge >= 0.3 is 5.97 Å². The van der Waals surface area contributed by atoms with Crippen molar-refractivity contribution in [2.45, 2.75) is 13.0 Å². The summed E-state index contributed by atoms with van der Waals surface area (Å²) in [4.78, 5) is 24.3. The minimum atomic E-state index is -0.961. The first-order chi connectivity index (χ1) is 8.47. The lowest BCUT2D eigenvalue weighted by molar-refractivity contribution is -0.138. The Morgan fingerprint density at radius 2 is 2.00 bits per heavy atom. The van der Waals surface area contributed by atoms with Gasteiger partial charge in [-0.3, -0.25) is 14.5 Å². The van der Waals surface area contributed by atoms with Crippen molar-refractivity contribution < 1.29 is 19.4 Å². The molecule has 1 atom stereocenters. The summed E-state index contributed by atoms with van der Waals surface area (Å²) in [7, 11) is 3.10. The number of ketones is 1. The zero-order chi connectivity index (χ0) is 13.7. The van der Waals surface area contributed by atoms with E-state index in [4.69, 9.17) is 9.84 Å². The maximum atomic E-state index is 12.2. The van der Waals surface area contributed by atoms with Crippen LogP contribution in [0.4, 0.5) is 0 Å². The van der Waals surface area contributed by atoms with Gasteiger partial charge in [0.15, 0.2) is 5.78 Å². The van der Waals surface area contributed by atoms with Crippen LogP contribution in [-0.2, 0) is 4.79 Å². The monoisotopic (exact) mass is 251 g/mol. The van der Waals surface area contributed by atoms with Crippen LogP contribution in [0.2, 0.25) is 0 Å². The highest BCUT2D eigenvalue weighted by molar-refractivity contribution is 6.02. The predicted molar refractivity (Wildman–Crippen MR) is 67.1 cm³/mol. The van der Waals surface area contributed by atoms with E-state index in [9.17, 15) is 9.59 Å². The number of methoxy groups -OCH3 is 1. The molecule has 0 aliphatic rings. The molecule has 0 aromatic heterocycles. The minimum absolute atomic E-state index is 0.156. The summed E-state index contributed by atoms with van der Waals surface area (Å²) in [6.07, 6.45) is 0. The molecule has 5 nitrogen and oxygen atoms in total. The SMILES string of the molecule is COc1ccccc1C(=O)C(C)N(C)CC(=O)O. The Hall–Kier alpha value is -1.88. The molecular formula is C13H17NO4. The van der Waals surface area contributed by atoms with E-state index in [1.54, 1.807) is 38.2 Å². The van der Waals surface area contributed by atoms with E-state index in [0.29, 0.717) is 11.3 Å². The number of carboxylic acids is 1. The fraction of sp³-hybridized carbons (Fsp3) is 0.385. The molecule has 1 unspecified atom stereocenters. The van der Waals surface area contributed by atoms with E-state index in [-0.39, 0.29) is 12.3 Å². The summed E-state index contributed by atoms with van der Waals surface area (Å²) in [6, 6.07) is 6.39. The number of carbonyl (C=O) groups excluding carboxylic acids is 1. The Morgan fingerprint density at radius 3 is 2.56 bits per heavy atom. The summed E-state index contributed by atoms with van der Waals surface area (Å²) >= 11 is 0. The molecule has 1 aromatic carbocycles. The molecule has 0 saturated carbocycles. The van der Waals surface area contributed by atoms with Crippen molar-refractivity contribution in [3.63, 3.8) is 0 Å². The largest absolute Gasteiger partial charge is 0.496 e. The van der Waals surface area contributed by atoms with Crippen LogP contribution in [0.3, 0.4) is 0 Å². The maximum absolute atomic E-state index is 12.2. The van der Waals surface area contributed by atoms with Crippen LogP contribution >= 0.6 is 0 Å². The number of ether oxygens (including phenoxy) is 1. The average molecular weight is 251 g/mol. The van der Waals surface area contributed by atoms with Crippen LogP contribution in [0.1, 0.15) is 17.3 Å². The molecule has 0 radical (unpaired) electrons. The highest BCUT2D eigenvalue weighted by atomic mass is 16.5. The molecule has 0 heterocycles. The summed E-state index contributed by atoms with van der Waals surface area (Å²) in [5.41, 5.74) is 0.463. The fourth-order valence-corrected chi connectivity index (χ4v) is 1.62. The number of para-hydroxylation sites is 1. The number of nitrogens with zero attached hydrogens (tertiary/aromatic N) is 1. The summed E-state index contributed by atoms with van der Waals surface area (Å²) in [5.74, 6) is -0.619. The molecule has 18 heavy (non-hydrogen) atoms. The van der Waals surface area contributed by atoms with E-state index in [0.717, 1.165) is 0 Å². The predicted octanol–water partition coefficient (Wildman–Crippen LogP) is 1.28. The number of Topliss-reactive ketones (excluding diaryl/α,β-unsaturated/α-hetero) is 1. The first-order valence-corrected chi connectivity index (χ1v) is 5.56. The Morgan fingerprint density at radius 1 is 1.39 bits per heavy atom. The molecule has 0 fully saturated rings. The van der Waals surface area contributed by atoms with Crippen molar-refractivity contribution in [1.29, 1.82) is 0 Å².